The third-order valence-corrected chi connectivity index (χ3v) is 5.82. The molecular formula is C22H24N4OS. The largest absolute Gasteiger partial charge is 0.325 e. The summed E-state index contributed by atoms with van der Waals surface area (Å²) >= 11 is 1.44. The van der Waals surface area contributed by atoms with Gasteiger partial charge in [0.2, 0.25) is 5.91 Å². The van der Waals surface area contributed by atoms with Crippen molar-refractivity contribution >= 4 is 23.4 Å². The molecule has 1 heterocycles. The lowest BCUT2D eigenvalue weighted by atomic mass is 10.1. The number of hydrogen-bond donors (Lipinski definition) is 1. The van der Waals surface area contributed by atoms with E-state index in [-0.39, 0.29) is 5.91 Å². The van der Waals surface area contributed by atoms with Gasteiger partial charge in [0.15, 0.2) is 5.16 Å². The van der Waals surface area contributed by atoms with Gasteiger partial charge >= 0.3 is 0 Å². The highest BCUT2D eigenvalue weighted by Gasteiger charge is 2.30. The Morgan fingerprint density at radius 3 is 2.50 bits per heavy atom. The van der Waals surface area contributed by atoms with Crippen molar-refractivity contribution in [2.24, 2.45) is 0 Å². The highest BCUT2D eigenvalue weighted by Crippen LogP contribution is 2.40. The summed E-state index contributed by atoms with van der Waals surface area (Å²) in [7, 11) is 0. The van der Waals surface area contributed by atoms with Crippen molar-refractivity contribution in [2.75, 3.05) is 11.1 Å². The quantitative estimate of drug-likeness (QED) is 0.574. The Kier molecular flexibility index (Phi) is 5.76. The van der Waals surface area contributed by atoms with Gasteiger partial charge in [0.05, 0.1) is 12.3 Å². The molecule has 1 aliphatic rings. The number of nitrogens with one attached hydrogen (secondary N) is 1. The average molecular weight is 393 g/mol. The van der Waals surface area contributed by atoms with E-state index in [2.05, 4.69) is 39.1 Å². The lowest BCUT2D eigenvalue weighted by Gasteiger charge is -2.10. The smallest absolute Gasteiger partial charge is 0.234 e. The predicted molar refractivity (Wildman–Crippen MR) is 113 cm³/mol. The average Bonchev–Trinajstić information content (AvgIpc) is 3.49. The van der Waals surface area contributed by atoms with Crippen LogP contribution in [0.1, 0.15) is 42.6 Å². The number of rotatable bonds is 8. The Morgan fingerprint density at radius 2 is 1.82 bits per heavy atom. The number of benzene rings is 2. The van der Waals surface area contributed by atoms with Crippen molar-refractivity contribution in [1.29, 1.82) is 0 Å². The first-order chi connectivity index (χ1) is 13.7. The number of carbonyl (C=O) groups is 1. The van der Waals surface area contributed by atoms with E-state index in [1.165, 1.54) is 35.7 Å². The molecule has 3 aromatic rings. The number of aromatic nitrogens is 3. The third-order valence-electron chi connectivity index (χ3n) is 4.85. The van der Waals surface area contributed by atoms with Crippen molar-refractivity contribution in [3.05, 3.63) is 71.5 Å². The highest BCUT2D eigenvalue weighted by molar-refractivity contribution is 7.99. The van der Waals surface area contributed by atoms with E-state index in [1.807, 2.05) is 42.5 Å². The Hall–Kier alpha value is -2.60. The van der Waals surface area contributed by atoms with E-state index < -0.39 is 0 Å². The Bertz CT molecular complexity index is 933. The third kappa shape index (κ3) is 4.62. The molecule has 0 saturated heterocycles. The van der Waals surface area contributed by atoms with E-state index in [0.717, 1.165) is 29.6 Å². The van der Waals surface area contributed by atoms with Crippen LogP contribution < -0.4 is 5.32 Å². The van der Waals surface area contributed by atoms with Crippen molar-refractivity contribution in [3.63, 3.8) is 0 Å². The van der Waals surface area contributed by atoms with Gasteiger partial charge in [-0.15, -0.1) is 10.2 Å². The molecule has 1 aromatic heterocycles. The highest BCUT2D eigenvalue weighted by atomic mass is 32.2. The van der Waals surface area contributed by atoms with Gasteiger partial charge in [-0.05, 0) is 42.5 Å². The SMILES string of the molecule is CCc1ccc(NC(=O)CSc2nnc(C3CC3)n2Cc2ccccc2)cc1. The minimum Gasteiger partial charge on any atom is -0.325 e. The van der Waals surface area contributed by atoms with E-state index >= 15 is 0 Å². The van der Waals surface area contributed by atoms with Crippen molar-refractivity contribution in [2.45, 2.75) is 43.8 Å². The molecule has 6 heteroatoms. The maximum absolute atomic E-state index is 12.4. The molecule has 1 N–H and O–H groups in total. The van der Waals surface area contributed by atoms with Crippen LogP contribution in [0.3, 0.4) is 0 Å². The van der Waals surface area contributed by atoms with Crippen LogP contribution in [-0.2, 0) is 17.8 Å². The molecule has 1 aliphatic carbocycles. The second-order valence-corrected chi connectivity index (χ2v) is 8.02. The van der Waals surface area contributed by atoms with Crippen LogP contribution in [0.15, 0.2) is 59.8 Å². The van der Waals surface area contributed by atoms with Gasteiger partial charge in [0.1, 0.15) is 5.82 Å². The maximum Gasteiger partial charge on any atom is 0.234 e. The van der Waals surface area contributed by atoms with Gasteiger partial charge in [-0.3, -0.25) is 4.79 Å². The summed E-state index contributed by atoms with van der Waals surface area (Å²) in [5.74, 6) is 1.84. The molecule has 4 rings (SSSR count). The summed E-state index contributed by atoms with van der Waals surface area (Å²) in [5, 5.41) is 12.6. The molecule has 1 fully saturated rings. The lowest BCUT2D eigenvalue weighted by Crippen LogP contribution is -2.15. The zero-order chi connectivity index (χ0) is 19.3. The molecule has 5 nitrogen and oxygen atoms in total. The number of amides is 1. The van der Waals surface area contributed by atoms with Crippen LogP contribution >= 0.6 is 11.8 Å². The second kappa shape index (κ2) is 8.61. The summed E-state index contributed by atoms with van der Waals surface area (Å²) in [5.41, 5.74) is 3.30. The molecule has 0 atom stereocenters. The van der Waals surface area contributed by atoms with Gasteiger partial charge in [-0.25, -0.2) is 0 Å². The molecule has 0 radical (unpaired) electrons. The molecular weight excluding hydrogens is 368 g/mol. The van der Waals surface area contributed by atoms with E-state index in [4.69, 9.17) is 0 Å². The fourth-order valence-corrected chi connectivity index (χ4v) is 3.86. The van der Waals surface area contributed by atoms with Crippen LogP contribution in [0, 0.1) is 0 Å². The maximum atomic E-state index is 12.4. The number of hydrogen-bond acceptors (Lipinski definition) is 4. The van der Waals surface area contributed by atoms with Crippen LogP contribution in [0.25, 0.3) is 0 Å². The summed E-state index contributed by atoms with van der Waals surface area (Å²) in [6.07, 6.45) is 3.34. The van der Waals surface area contributed by atoms with Crippen LogP contribution in [0.2, 0.25) is 0 Å². The van der Waals surface area contributed by atoms with Gasteiger partial charge < -0.3 is 9.88 Å². The molecule has 0 aliphatic heterocycles. The first-order valence-electron chi connectivity index (χ1n) is 9.71. The van der Waals surface area contributed by atoms with E-state index in [0.29, 0.717) is 11.7 Å². The van der Waals surface area contributed by atoms with Gasteiger partial charge in [-0.1, -0.05) is 61.2 Å². The summed E-state index contributed by atoms with van der Waals surface area (Å²) in [4.78, 5) is 12.4. The fraction of sp³-hybridized carbons (Fsp3) is 0.318. The topological polar surface area (TPSA) is 59.8 Å². The standard InChI is InChI=1S/C22H24N4OS/c1-2-16-8-12-19(13-9-16)23-20(27)15-28-22-25-24-21(18-10-11-18)26(22)14-17-6-4-3-5-7-17/h3-9,12-13,18H,2,10-11,14-15H2,1H3,(H,23,27). The Morgan fingerprint density at radius 1 is 1.07 bits per heavy atom. The van der Waals surface area contributed by atoms with E-state index in [1.54, 1.807) is 0 Å². The zero-order valence-corrected chi connectivity index (χ0v) is 16.8. The molecule has 1 amide bonds. The molecule has 0 spiro atoms. The number of aryl methyl sites for hydroxylation is 1. The van der Waals surface area contributed by atoms with Crippen LogP contribution in [0.4, 0.5) is 5.69 Å². The molecule has 2 aromatic carbocycles. The van der Waals surface area contributed by atoms with Crippen molar-refractivity contribution in [1.82, 2.24) is 14.8 Å². The van der Waals surface area contributed by atoms with Crippen LogP contribution in [0.5, 0.6) is 0 Å². The number of nitrogens with zero attached hydrogens (tertiary/aromatic N) is 3. The van der Waals surface area contributed by atoms with Crippen molar-refractivity contribution in [3.8, 4) is 0 Å². The first-order valence-corrected chi connectivity index (χ1v) is 10.7. The Balaban J connectivity index is 1.41. The van der Waals surface area contributed by atoms with Gasteiger partial charge in [0, 0.05) is 11.6 Å². The number of thioether (sulfide) groups is 1. The number of carbonyl (C=O) groups excluding carboxylic acids is 1. The summed E-state index contributed by atoms with van der Waals surface area (Å²) in [6, 6.07) is 18.3. The fourth-order valence-electron chi connectivity index (χ4n) is 3.12. The van der Waals surface area contributed by atoms with E-state index in [9.17, 15) is 4.79 Å². The normalized spacial score (nSPS) is 13.5. The summed E-state index contributed by atoms with van der Waals surface area (Å²) in [6.45, 7) is 2.85. The number of anilines is 1. The second-order valence-electron chi connectivity index (χ2n) is 7.07. The Labute approximate surface area is 169 Å². The van der Waals surface area contributed by atoms with Gasteiger partial charge in [-0.2, -0.15) is 0 Å². The molecule has 1 saturated carbocycles. The molecule has 144 valence electrons. The first kappa shape index (κ1) is 18.7. The summed E-state index contributed by atoms with van der Waals surface area (Å²) < 4.78 is 2.17. The minimum absolute atomic E-state index is 0.0310. The van der Waals surface area contributed by atoms with Crippen LogP contribution in [-0.4, -0.2) is 26.4 Å². The lowest BCUT2D eigenvalue weighted by molar-refractivity contribution is -0.113. The predicted octanol–water partition coefficient (Wildman–Crippen LogP) is 4.50. The molecule has 0 bridgehead atoms. The van der Waals surface area contributed by atoms with Gasteiger partial charge in [0.25, 0.3) is 0 Å². The van der Waals surface area contributed by atoms with Crippen molar-refractivity contribution < 1.29 is 4.79 Å². The minimum atomic E-state index is -0.0310. The monoisotopic (exact) mass is 392 g/mol. The molecule has 28 heavy (non-hydrogen) atoms. The molecule has 0 unspecified atom stereocenters. The zero-order valence-electron chi connectivity index (χ0n) is 16.0.